The molecule has 0 aromatic heterocycles. The minimum absolute atomic E-state index is 0.298. The van der Waals surface area contributed by atoms with Gasteiger partial charge in [-0.2, -0.15) is 0 Å². The summed E-state index contributed by atoms with van der Waals surface area (Å²) in [6, 6.07) is 8.00. The van der Waals surface area contributed by atoms with Crippen LogP contribution in [0.5, 0.6) is 0 Å². The van der Waals surface area contributed by atoms with Crippen LogP contribution in [0.2, 0.25) is 0 Å². The van der Waals surface area contributed by atoms with Crippen LogP contribution in [0.3, 0.4) is 0 Å². The first kappa shape index (κ1) is 13.2. The molecular weight excluding hydrogens is 212 g/mol. The predicted octanol–water partition coefficient (Wildman–Crippen LogP) is 3.52. The number of carbonyl (C=O) groups excluding carboxylic acids is 1. The van der Waals surface area contributed by atoms with E-state index in [0.29, 0.717) is 12.0 Å². The second-order valence-corrected chi connectivity index (χ2v) is 4.21. The Bertz CT molecular complexity index is 438. The zero-order valence-electron chi connectivity index (χ0n) is 10.6. The zero-order valence-corrected chi connectivity index (χ0v) is 10.6. The number of methoxy groups -OCH3 is 1. The fourth-order valence-electron chi connectivity index (χ4n) is 1.50. The molecule has 2 heteroatoms. The minimum atomic E-state index is -0.298. The number of ether oxygens (including phenoxy) is 1. The van der Waals surface area contributed by atoms with Crippen molar-refractivity contribution in [1.82, 2.24) is 0 Å². The summed E-state index contributed by atoms with van der Waals surface area (Å²) < 4.78 is 4.76. The lowest BCUT2D eigenvalue weighted by Crippen LogP contribution is -2.05. The van der Waals surface area contributed by atoms with Gasteiger partial charge in [-0.05, 0) is 31.9 Å². The van der Waals surface area contributed by atoms with Crippen molar-refractivity contribution < 1.29 is 9.53 Å². The number of esters is 1. The molecule has 2 nitrogen and oxygen atoms in total. The Labute approximate surface area is 103 Å². The molecule has 0 atom stereocenters. The second-order valence-electron chi connectivity index (χ2n) is 4.21. The summed E-state index contributed by atoms with van der Waals surface area (Å²) in [5, 5.41) is 0. The molecule has 0 saturated carbocycles. The number of benzene rings is 1. The van der Waals surface area contributed by atoms with Crippen LogP contribution in [0.4, 0.5) is 0 Å². The molecule has 0 fully saturated rings. The largest absolute Gasteiger partial charge is 0.466 e. The van der Waals surface area contributed by atoms with E-state index in [-0.39, 0.29) is 5.97 Å². The summed E-state index contributed by atoms with van der Waals surface area (Å²) >= 11 is 0. The van der Waals surface area contributed by atoms with Crippen molar-refractivity contribution in [1.29, 1.82) is 0 Å². The van der Waals surface area contributed by atoms with Gasteiger partial charge in [0, 0.05) is 5.57 Å². The Morgan fingerprint density at radius 2 is 1.94 bits per heavy atom. The highest BCUT2D eigenvalue weighted by atomic mass is 16.5. The molecule has 17 heavy (non-hydrogen) atoms. The molecule has 0 bridgehead atoms. The second kappa shape index (κ2) is 6.04. The Balaban J connectivity index is 3.00. The number of allylic oxidation sites excluding steroid dienone is 1. The van der Waals surface area contributed by atoms with E-state index < -0.39 is 0 Å². The maximum Gasteiger partial charge on any atom is 0.334 e. The fourth-order valence-corrected chi connectivity index (χ4v) is 1.50. The van der Waals surface area contributed by atoms with Crippen LogP contribution >= 0.6 is 0 Å². The van der Waals surface area contributed by atoms with Gasteiger partial charge in [0.1, 0.15) is 0 Å². The average Bonchev–Trinajstić information content (AvgIpc) is 2.29. The fraction of sp³-hybridized carbons (Fsp3) is 0.267. The average molecular weight is 230 g/mol. The van der Waals surface area contributed by atoms with E-state index in [2.05, 4.69) is 6.58 Å². The molecule has 0 amide bonds. The number of rotatable bonds is 4. The summed E-state index contributed by atoms with van der Waals surface area (Å²) in [6.45, 7) is 7.74. The van der Waals surface area contributed by atoms with Crippen molar-refractivity contribution in [2.45, 2.75) is 20.3 Å². The summed E-state index contributed by atoms with van der Waals surface area (Å²) in [6.07, 6.45) is 2.39. The highest BCUT2D eigenvalue weighted by Gasteiger charge is 2.09. The molecule has 1 aromatic carbocycles. The molecule has 1 aromatic rings. The molecule has 0 radical (unpaired) electrons. The van der Waals surface area contributed by atoms with Gasteiger partial charge >= 0.3 is 5.97 Å². The lowest BCUT2D eigenvalue weighted by Gasteiger charge is -2.05. The summed E-state index contributed by atoms with van der Waals surface area (Å²) in [5.41, 5.74) is 3.76. The Hall–Kier alpha value is -1.83. The molecule has 0 aliphatic heterocycles. The van der Waals surface area contributed by atoms with Gasteiger partial charge in [0.2, 0.25) is 0 Å². The standard InChI is InChI=1S/C15H18O2/c1-11(2)9-14(15(16)17-4)10-13-7-5-12(3)6-8-13/h5-8,10H,1,9H2,2-4H3/b14-10+. The third kappa shape index (κ3) is 4.27. The monoisotopic (exact) mass is 230 g/mol. The summed E-state index contributed by atoms with van der Waals surface area (Å²) in [5.74, 6) is -0.298. The van der Waals surface area contributed by atoms with Crippen molar-refractivity contribution in [2.24, 2.45) is 0 Å². The number of hydrogen-bond donors (Lipinski definition) is 0. The molecule has 1 rings (SSSR count). The molecule has 0 aliphatic rings. The van der Waals surface area contributed by atoms with Crippen LogP contribution in [-0.4, -0.2) is 13.1 Å². The van der Waals surface area contributed by atoms with E-state index in [4.69, 9.17) is 4.74 Å². The van der Waals surface area contributed by atoms with Gasteiger partial charge in [-0.25, -0.2) is 4.79 Å². The highest BCUT2D eigenvalue weighted by molar-refractivity contribution is 5.94. The van der Waals surface area contributed by atoms with Crippen molar-refractivity contribution in [3.05, 3.63) is 53.1 Å². The van der Waals surface area contributed by atoms with E-state index in [9.17, 15) is 4.79 Å². The molecule has 0 heterocycles. The summed E-state index contributed by atoms with van der Waals surface area (Å²) in [4.78, 5) is 11.6. The van der Waals surface area contributed by atoms with Crippen LogP contribution in [0.1, 0.15) is 24.5 Å². The Morgan fingerprint density at radius 1 is 1.35 bits per heavy atom. The molecule has 0 aliphatic carbocycles. The van der Waals surface area contributed by atoms with Crippen LogP contribution < -0.4 is 0 Å². The molecule has 0 spiro atoms. The Kier molecular flexibility index (Phi) is 4.70. The zero-order chi connectivity index (χ0) is 12.8. The van der Waals surface area contributed by atoms with Gasteiger partial charge in [-0.1, -0.05) is 42.0 Å². The van der Waals surface area contributed by atoms with Crippen molar-refractivity contribution in [3.8, 4) is 0 Å². The van der Waals surface area contributed by atoms with Crippen LogP contribution in [0.25, 0.3) is 6.08 Å². The first-order valence-electron chi connectivity index (χ1n) is 5.53. The van der Waals surface area contributed by atoms with Crippen molar-refractivity contribution >= 4 is 12.0 Å². The van der Waals surface area contributed by atoms with E-state index in [1.807, 2.05) is 44.2 Å². The molecule has 90 valence electrons. The van der Waals surface area contributed by atoms with Gasteiger partial charge in [-0.3, -0.25) is 0 Å². The van der Waals surface area contributed by atoms with E-state index in [1.54, 1.807) is 0 Å². The molecule has 0 N–H and O–H groups in total. The van der Waals surface area contributed by atoms with Gasteiger partial charge in [-0.15, -0.1) is 0 Å². The molecule has 0 unspecified atom stereocenters. The van der Waals surface area contributed by atoms with E-state index in [1.165, 1.54) is 12.7 Å². The topological polar surface area (TPSA) is 26.3 Å². The maximum atomic E-state index is 11.6. The van der Waals surface area contributed by atoms with Crippen LogP contribution in [0, 0.1) is 6.92 Å². The highest BCUT2D eigenvalue weighted by Crippen LogP contribution is 2.15. The van der Waals surface area contributed by atoms with Crippen LogP contribution in [-0.2, 0) is 9.53 Å². The lowest BCUT2D eigenvalue weighted by molar-refractivity contribution is -0.136. The van der Waals surface area contributed by atoms with Gasteiger partial charge in [0.15, 0.2) is 0 Å². The molecular formula is C15H18O2. The SMILES string of the molecule is C=C(C)C/C(=C\c1ccc(C)cc1)C(=O)OC. The van der Waals surface area contributed by atoms with Gasteiger partial charge in [0.05, 0.1) is 7.11 Å². The van der Waals surface area contributed by atoms with Gasteiger partial charge < -0.3 is 4.74 Å². The normalized spacial score (nSPS) is 11.1. The third-order valence-corrected chi connectivity index (χ3v) is 2.36. The van der Waals surface area contributed by atoms with Crippen molar-refractivity contribution in [2.75, 3.05) is 7.11 Å². The lowest BCUT2D eigenvalue weighted by atomic mass is 10.0. The first-order valence-corrected chi connectivity index (χ1v) is 5.53. The minimum Gasteiger partial charge on any atom is -0.466 e. The number of hydrogen-bond acceptors (Lipinski definition) is 2. The quantitative estimate of drug-likeness (QED) is 0.449. The van der Waals surface area contributed by atoms with E-state index >= 15 is 0 Å². The smallest absolute Gasteiger partial charge is 0.334 e. The van der Waals surface area contributed by atoms with Crippen LogP contribution in [0.15, 0.2) is 42.0 Å². The Morgan fingerprint density at radius 3 is 2.41 bits per heavy atom. The summed E-state index contributed by atoms with van der Waals surface area (Å²) in [7, 11) is 1.39. The maximum absolute atomic E-state index is 11.6. The number of carbonyl (C=O) groups is 1. The number of aryl methyl sites for hydroxylation is 1. The van der Waals surface area contributed by atoms with Gasteiger partial charge in [0.25, 0.3) is 0 Å². The predicted molar refractivity (Wildman–Crippen MR) is 70.6 cm³/mol. The van der Waals surface area contributed by atoms with Crippen molar-refractivity contribution in [3.63, 3.8) is 0 Å². The molecule has 0 saturated heterocycles. The third-order valence-electron chi connectivity index (χ3n) is 2.36. The first-order chi connectivity index (χ1) is 8.02. The van der Waals surface area contributed by atoms with E-state index in [0.717, 1.165) is 11.1 Å².